The molecule has 0 radical (unpaired) electrons. The highest BCUT2D eigenvalue weighted by Gasteiger charge is 2.47. The van der Waals surface area contributed by atoms with Crippen molar-refractivity contribution in [1.82, 2.24) is 4.90 Å². The van der Waals surface area contributed by atoms with E-state index in [9.17, 15) is 4.79 Å². The van der Waals surface area contributed by atoms with Crippen LogP contribution in [0.15, 0.2) is 0 Å². The molecule has 0 N–H and O–H groups in total. The van der Waals surface area contributed by atoms with E-state index in [1.807, 2.05) is 41.5 Å². The molecule has 0 aromatic carbocycles. The van der Waals surface area contributed by atoms with Gasteiger partial charge in [0, 0.05) is 57.1 Å². The summed E-state index contributed by atoms with van der Waals surface area (Å²) in [5.41, 5.74) is 0.307. The number of carbonyl (C=O) groups is 1. The molecule has 210 valence electrons. The van der Waals surface area contributed by atoms with Gasteiger partial charge in [0.1, 0.15) is 0 Å². The lowest BCUT2D eigenvalue weighted by Crippen LogP contribution is -2.51. The van der Waals surface area contributed by atoms with Crippen molar-refractivity contribution < 1.29 is 31.4 Å². The molecule has 2 atom stereocenters. The summed E-state index contributed by atoms with van der Waals surface area (Å²) in [5, 5.41) is -0.294. The lowest BCUT2D eigenvalue weighted by atomic mass is 10.2. The van der Waals surface area contributed by atoms with Crippen LogP contribution in [0.2, 0.25) is 11.1 Å². The topological polar surface area (TPSA) is 75.7 Å². The largest absolute Gasteiger partial charge is 0.503 e. The Kier molecular flexibility index (Phi) is 20.2. The Morgan fingerprint density at radius 1 is 0.657 bits per heavy atom. The quantitative estimate of drug-likeness (QED) is 0.114. The third-order valence-electron chi connectivity index (χ3n) is 5.88. The van der Waals surface area contributed by atoms with Crippen LogP contribution in [0, 0.1) is 0 Å². The van der Waals surface area contributed by atoms with Gasteiger partial charge in [-0.15, -0.1) is 0 Å². The molecule has 0 bridgehead atoms. The second-order valence-electron chi connectivity index (χ2n) is 8.48. The maximum Gasteiger partial charge on any atom is 0.503 e. The van der Waals surface area contributed by atoms with Crippen LogP contribution < -0.4 is 0 Å². The monoisotopic (exact) mass is 557 g/mol. The van der Waals surface area contributed by atoms with E-state index in [1.165, 1.54) is 0 Å². The van der Waals surface area contributed by atoms with Gasteiger partial charge in [-0.1, -0.05) is 13.8 Å². The van der Waals surface area contributed by atoms with E-state index in [0.717, 1.165) is 38.9 Å². The lowest BCUT2D eigenvalue weighted by Gasteiger charge is -2.36. The van der Waals surface area contributed by atoms with Gasteiger partial charge in [0.15, 0.2) is 0 Å². The van der Waals surface area contributed by atoms with Gasteiger partial charge in [0.2, 0.25) is 5.24 Å². The predicted octanol–water partition coefficient (Wildman–Crippen LogP) is 5.49. The normalized spacial score (nSPS) is 14.5. The summed E-state index contributed by atoms with van der Waals surface area (Å²) in [7, 11) is -5.55. The lowest BCUT2D eigenvalue weighted by molar-refractivity contribution is -0.111. The van der Waals surface area contributed by atoms with Crippen LogP contribution in [-0.2, 0) is 31.4 Å². The molecule has 0 aromatic rings. The molecule has 0 fully saturated rings. The van der Waals surface area contributed by atoms with Gasteiger partial charge < -0.3 is 31.5 Å². The minimum Gasteiger partial charge on any atom is -0.374 e. The fourth-order valence-corrected chi connectivity index (χ4v) is 9.91. The van der Waals surface area contributed by atoms with Crippen molar-refractivity contribution in [2.45, 2.75) is 92.2 Å². The SMILES string of the molecule is CCO[Si](OCC)(OCC)C(C)CCN(CCCC(=O)Cl)CCC(C)[Si](OCC)(OCC)OCC. The molecule has 2 unspecified atom stereocenters. The Bertz CT molecular complexity index is 478. The van der Waals surface area contributed by atoms with Gasteiger partial charge in [0.25, 0.3) is 0 Å². The Balaban J connectivity index is 5.40. The number of halogens is 1. The van der Waals surface area contributed by atoms with Gasteiger partial charge in [0.05, 0.1) is 0 Å². The van der Waals surface area contributed by atoms with Gasteiger partial charge in [-0.25, -0.2) is 0 Å². The van der Waals surface area contributed by atoms with Crippen molar-refractivity contribution in [3.05, 3.63) is 0 Å². The van der Waals surface area contributed by atoms with Crippen LogP contribution in [0.4, 0.5) is 0 Å². The summed E-state index contributed by atoms with van der Waals surface area (Å²) in [6, 6.07) is 0. The molecule has 0 spiro atoms. The Labute approximate surface area is 222 Å². The number of carbonyl (C=O) groups excluding carboxylic acids is 1. The molecule has 0 saturated heterocycles. The van der Waals surface area contributed by atoms with Crippen LogP contribution >= 0.6 is 11.6 Å². The molecule has 35 heavy (non-hydrogen) atoms. The van der Waals surface area contributed by atoms with Gasteiger partial charge >= 0.3 is 17.6 Å². The van der Waals surface area contributed by atoms with E-state index < -0.39 is 17.6 Å². The minimum absolute atomic E-state index is 0.153. The first-order chi connectivity index (χ1) is 16.7. The maximum atomic E-state index is 11.3. The highest BCUT2D eigenvalue weighted by Crippen LogP contribution is 2.31. The molecule has 0 saturated carbocycles. The van der Waals surface area contributed by atoms with Crippen molar-refractivity contribution in [3.63, 3.8) is 0 Å². The van der Waals surface area contributed by atoms with E-state index in [1.54, 1.807) is 0 Å². The number of rotatable bonds is 24. The van der Waals surface area contributed by atoms with E-state index in [0.29, 0.717) is 46.1 Å². The molecule has 0 rings (SSSR count). The van der Waals surface area contributed by atoms with E-state index in [2.05, 4.69) is 18.7 Å². The number of hydrogen-bond donors (Lipinski definition) is 0. The standard InChI is InChI=1S/C24H52ClNO7Si2/c1-9-28-34(29-10-2,30-11-3)22(7)17-20-26(19-15-16-24(25)27)21-18-23(8)35(31-12-4,32-13-5)33-14-6/h22-23H,9-21H2,1-8H3. The summed E-state index contributed by atoms with van der Waals surface area (Å²) in [5.74, 6) is 0. The minimum atomic E-state index is -2.78. The molecule has 8 nitrogen and oxygen atoms in total. The zero-order valence-corrected chi connectivity index (χ0v) is 26.3. The van der Waals surface area contributed by atoms with Crippen LogP contribution in [0.1, 0.15) is 81.1 Å². The molecule has 0 amide bonds. The van der Waals surface area contributed by atoms with Gasteiger partial charge in [-0.2, -0.15) is 0 Å². The summed E-state index contributed by atoms with van der Waals surface area (Å²) in [6.07, 6.45) is 2.84. The first-order valence-electron chi connectivity index (χ1n) is 13.4. The Morgan fingerprint density at radius 2 is 0.971 bits per heavy atom. The molecule has 0 aliphatic heterocycles. The molecule has 11 heteroatoms. The van der Waals surface area contributed by atoms with Crippen LogP contribution in [0.3, 0.4) is 0 Å². The molecular weight excluding hydrogens is 506 g/mol. The van der Waals surface area contributed by atoms with E-state index >= 15 is 0 Å². The highest BCUT2D eigenvalue weighted by atomic mass is 35.5. The molecule has 0 aliphatic rings. The first-order valence-corrected chi connectivity index (χ1v) is 17.4. The predicted molar refractivity (Wildman–Crippen MR) is 146 cm³/mol. The summed E-state index contributed by atoms with van der Waals surface area (Å²) < 4.78 is 36.7. The van der Waals surface area contributed by atoms with Gasteiger partial charge in [-0.05, 0) is 92.0 Å². The molecule has 0 aliphatic carbocycles. The zero-order valence-electron chi connectivity index (χ0n) is 23.5. The van der Waals surface area contributed by atoms with E-state index in [-0.39, 0.29) is 16.3 Å². The second kappa shape index (κ2) is 20.1. The third-order valence-corrected chi connectivity index (χ3v) is 13.2. The Morgan fingerprint density at radius 3 is 1.23 bits per heavy atom. The average molecular weight is 558 g/mol. The maximum absolute atomic E-state index is 11.3. The second-order valence-corrected chi connectivity index (χ2v) is 15.0. The van der Waals surface area contributed by atoms with Crippen molar-refractivity contribution >= 4 is 34.5 Å². The van der Waals surface area contributed by atoms with Gasteiger partial charge in [-0.3, -0.25) is 4.79 Å². The third kappa shape index (κ3) is 13.0. The zero-order chi connectivity index (χ0) is 26.7. The van der Waals surface area contributed by atoms with Crippen molar-refractivity contribution in [3.8, 4) is 0 Å². The molecule has 0 aromatic heterocycles. The van der Waals surface area contributed by atoms with Crippen LogP contribution in [0.5, 0.6) is 0 Å². The smallest absolute Gasteiger partial charge is 0.374 e. The summed E-state index contributed by atoms with van der Waals surface area (Å²) in [6.45, 7) is 22.1. The number of hydrogen-bond acceptors (Lipinski definition) is 8. The van der Waals surface area contributed by atoms with E-state index in [4.69, 9.17) is 38.2 Å². The summed E-state index contributed by atoms with van der Waals surface area (Å²) in [4.78, 5) is 13.7. The van der Waals surface area contributed by atoms with Crippen LogP contribution in [-0.4, -0.2) is 87.0 Å². The Hall–Kier alpha value is 0.114. The molecule has 0 heterocycles. The van der Waals surface area contributed by atoms with Crippen LogP contribution in [0.25, 0.3) is 0 Å². The van der Waals surface area contributed by atoms with Crippen molar-refractivity contribution in [2.24, 2.45) is 0 Å². The fraction of sp³-hybridized carbons (Fsp3) is 0.958. The fourth-order valence-electron chi connectivity index (χ4n) is 4.19. The van der Waals surface area contributed by atoms with Crippen molar-refractivity contribution in [1.29, 1.82) is 0 Å². The first kappa shape index (κ1) is 35.1. The highest BCUT2D eigenvalue weighted by molar-refractivity contribution is 6.63. The van der Waals surface area contributed by atoms with Crippen molar-refractivity contribution in [2.75, 3.05) is 59.3 Å². The summed E-state index contributed by atoms with van der Waals surface area (Å²) >= 11 is 5.60. The average Bonchev–Trinajstić information content (AvgIpc) is 2.80. The molecular formula is C24H52ClNO7Si2. The number of nitrogens with zero attached hydrogens (tertiary/aromatic N) is 1.